The van der Waals surface area contributed by atoms with E-state index in [9.17, 15) is 13.6 Å². The summed E-state index contributed by atoms with van der Waals surface area (Å²) in [6, 6.07) is 0. The third kappa shape index (κ3) is 1.90. The number of carbonyl (C=O) groups excluding carboxylic acids is 1. The molecule has 1 saturated carbocycles. The number of fused-ring (bicyclic) bond motifs is 3. The van der Waals surface area contributed by atoms with Gasteiger partial charge in [0.05, 0.1) is 5.69 Å². The number of nitrogens with one attached hydrogen (secondary N) is 1. The normalized spacial score (nSPS) is 30.3. The lowest BCUT2D eigenvalue weighted by atomic mass is 9.93. The Kier molecular flexibility index (Phi) is 2.82. The molecule has 3 heterocycles. The quantitative estimate of drug-likeness (QED) is 0.852. The third-order valence-electron chi connectivity index (χ3n) is 5.03. The van der Waals surface area contributed by atoms with Crippen LogP contribution < -0.4 is 5.32 Å². The van der Waals surface area contributed by atoms with Crippen molar-refractivity contribution in [2.24, 2.45) is 11.8 Å². The van der Waals surface area contributed by atoms with Gasteiger partial charge in [0.2, 0.25) is 5.76 Å². The molecule has 0 aromatic carbocycles. The van der Waals surface area contributed by atoms with Crippen LogP contribution in [0.3, 0.4) is 0 Å². The van der Waals surface area contributed by atoms with Crippen LogP contribution in [0.5, 0.6) is 0 Å². The Labute approximate surface area is 120 Å². The molecule has 3 aliphatic rings. The highest BCUT2D eigenvalue weighted by molar-refractivity contribution is 5.93. The summed E-state index contributed by atoms with van der Waals surface area (Å²) >= 11 is 0. The fraction of sp³-hybridized carbons (Fsp3) is 0.714. The highest BCUT2D eigenvalue weighted by Crippen LogP contribution is 2.49. The zero-order valence-electron chi connectivity index (χ0n) is 11.6. The van der Waals surface area contributed by atoms with Crippen molar-refractivity contribution in [2.75, 3.05) is 19.6 Å². The number of amides is 1. The number of hydrogen-bond acceptors (Lipinski definition) is 4. The van der Waals surface area contributed by atoms with Crippen molar-refractivity contribution in [2.45, 2.75) is 31.7 Å². The van der Waals surface area contributed by atoms with E-state index < -0.39 is 17.8 Å². The molecule has 2 aliphatic heterocycles. The molecule has 114 valence electrons. The molecule has 5 nitrogen and oxygen atoms in total. The lowest BCUT2D eigenvalue weighted by Crippen LogP contribution is -2.51. The first-order valence-corrected chi connectivity index (χ1v) is 7.42. The van der Waals surface area contributed by atoms with Crippen molar-refractivity contribution in [1.29, 1.82) is 0 Å². The summed E-state index contributed by atoms with van der Waals surface area (Å²) < 4.78 is 33.1. The van der Waals surface area contributed by atoms with Gasteiger partial charge in [-0.2, -0.15) is 0 Å². The molecule has 1 aliphatic carbocycles. The molecule has 0 radical (unpaired) electrons. The molecule has 1 saturated heterocycles. The van der Waals surface area contributed by atoms with Crippen LogP contribution in [0.2, 0.25) is 0 Å². The number of nitrogens with zero attached hydrogens (tertiary/aromatic N) is 2. The second-order valence-corrected chi connectivity index (χ2v) is 6.22. The monoisotopic (exact) mass is 297 g/mol. The lowest BCUT2D eigenvalue weighted by molar-refractivity contribution is -0.110. The van der Waals surface area contributed by atoms with Crippen LogP contribution in [-0.4, -0.2) is 41.5 Å². The zero-order valence-corrected chi connectivity index (χ0v) is 11.6. The fourth-order valence-electron chi connectivity index (χ4n) is 3.77. The molecular weight excluding hydrogens is 280 g/mol. The number of halogens is 2. The van der Waals surface area contributed by atoms with E-state index in [-0.39, 0.29) is 24.8 Å². The molecule has 2 bridgehead atoms. The van der Waals surface area contributed by atoms with E-state index in [0.717, 1.165) is 24.2 Å². The molecule has 7 heteroatoms. The van der Waals surface area contributed by atoms with Crippen LogP contribution >= 0.6 is 0 Å². The maximum Gasteiger partial charge on any atom is 0.292 e. The fourth-order valence-corrected chi connectivity index (χ4v) is 3.77. The van der Waals surface area contributed by atoms with Gasteiger partial charge in [-0.15, -0.1) is 0 Å². The van der Waals surface area contributed by atoms with Gasteiger partial charge in [0.1, 0.15) is 0 Å². The molecule has 2 unspecified atom stereocenters. The Bertz CT molecular complexity index is 571. The van der Waals surface area contributed by atoms with Gasteiger partial charge in [0, 0.05) is 50.0 Å². The third-order valence-corrected chi connectivity index (χ3v) is 5.03. The maximum absolute atomic E-state index is 13.9. The molecule has 2 atom stereocenters. The lowest BCUT2D eigenvalue weighted by Gasteiger charge is -2.37. The number of alkyl halides is 2. The Morgan fingerprint density at radius 1 is 1.33 bits per heavy atom. The summed E-state index contributed by atoms with van der Waals surface area (Å²) in [5.74, 6) is -4.12. The Hall–Kier alpha value is -1.50. The number of piperidine rings is 1. The van der Waals surface area contributed by atoms with Gasteiger partial charge < -0.3 is 14.7 Å². The second-order valence-electron chi connectivity index (χ2n) is 6.22. The van der Waals surface area contributed by atoms with E-state index in [1.807, 2.05) is 0 Å². The van der Waals surface area contributed by atoms with Crippen molar-refractivity contribution in [3.63, 3.8) is 0 Å². The topological polar surface area (TPSA) is 58.4 Å². The first kappa shape index (κ1) is 13.2. The SMILES string of the molecule is O=C(c1onc2c1CNCC2)N1CC2CCC(C1)C2(F)F. The summed E-state index contributed by atoms with van der Waals surface area (Å²) in [4.78, 5) is 14.1. The molecular formula is C14H17F2N3O2. The van der Waals surface area contributed by atoms with Gasteiger partial charge in [-0.05, 0) is 12.8 Å². The van der Waals surface area contributed by atoms with Gasteiger partial charge in [0.25, 0.3) is 11.8 Å². The number of rotatable bonds is 1. The minimum absolute atomic E-state index is 0.116. The Morgan fingerprint density at radius 3 is 2.76 bits per heavy atom. The Morgan fingerprint density at radius 2 is 2.05 bits per heavy atom. The standard InChI is InChI=1S/C14H17F2N3O2/c15-14(16)8-1-2-9(14)7-19(6-8)13(20)12-10-5-17-4-3-11(10)18-21-12/h8-9,17H,1-7H2. The minimum Gasteiger partial charge on any atom is -0.350 e. The summed E-state index contributed by atoms with van der Waals surface area (Å²) in [5, 5.41) is 7.12. The van der Waals surface area contributed by atoms with Gasteiger partial charge >= 0.3 is 0 Å². The molecule has 1 amide bonds. The van der Waals surface area contributed by atoms with E-state index in [1.54, 1.807) is 0 Å². The highest BCUT2D eigenvalue weighted by Gasteiger charge is 2.56. The second kappa shape index (κ2) is 4.50. The predicted octanol–water partition coefficient (Wildman–Crippen LogP) is 1.44. The molecule has 1 aromatic heterocycles. The van der Waals surface area contributed by atoms with Crippen LogP contribution in [0.25, 0.3) is 0 Å². The van der Waals surface area contributed by atoms with Gasteiger partial charge in [-0.3, -0.25) is 4.79 Å². The number of carbonyl (C=O) groups is 1. The van der Waals surface area contributed by atoms with Gasteiger partial charge in [-0.1, -0.05) is 5.16 Å². The summed E-state index contributed by atoms with van der Waals surface area (Å²) in [6.07, 6.45) is 1.73. The van der Waals surface area contributed by atoms with Crippen molar-refractivity contribution in [3.8, 4) is 0 Å². The Balaban J connectivity index is 1.58. The molecule has 1 N–H and O–H groups in total. The predicted molar refractivity (Wildman–Crippen MR) is 69.0 cm³/mol. The first-order chi connectivity index (χ1) is 10.1. The highest BCUT2D eigenvalue weighted by atomic mass is 19.3. The van der Waals surface area contributed by atoms with Gasteiger partial charge in [0.15, 0.2) is 0 Å². The number of hydrogen-bond donors (Lipinski definition) is 1. The summed E-state index contributed by atoms with van der Waals surface area (Å²) in [7, 11) is 0. The zero-order chi connectivity index (χ0) is 14.6. The van der Waals surface area contributed by atoms with Gasteiger partial charge in [-0.25, -0.2) is 8.78 Å². The number of aromatic nitrogens is 1. The van der Waals surface area contributed by atoms with E-state index >= 15 is 0 Å². The van der Waals surface area contributed by atoms with Crippen LogP contribution in [0.15, 0.2) is 4.52 Å². The van der Waals surface area contributed by atoms with Crippen LogP contribution in [0.1, 0.15) is 34.7 Å². The van der Waals surface area contributed by atoms with E-state index in [0.29, 0.717) is 19.4 Å². The van der Waals surface area contributed by atoms with Crippen LogP contribution in [0.4, 0.5) is 8.78 Å². The average molecular weight is 297 g/mol. The van der Waals surface area contributed by atoms with Crippen LogP contribution in [0, 0.1) is 11.8 Å². The first-order valence-electron chi connectivity index (χ1n) is 7.42. The maximum atomic E-state index is 13.9. The molecule has 0 spiro atoms. The van der Waals surface area contributed by atoms with Crippen molar-refractivity contribution < 1.29 is 18.1 Å². The average Bonchev–Trinajstić information content (AvgIpc) is 2.90. The van der Waals surface area contributed by atoms with Crippen LogP contribution in [-0.2, 0) is 13.0 Å². The van der Waals surface area contributed by atoms with E-state index in [4.69, 9.17) is 4.52 Å². The molecule has 1 aromatic rings. The number of likely N-dealkylation sites (tertiary alicyclic amines) is 1. The summed E-state index contributed by atoms with van der Waals surface area (Å²) in [6.45, 7) is 1.60. The van der Waals surface area contributed by atoms with Crippen molar-refractivity contribution in [1.82, 2.24) is 15.4 Å². The minimum atomic E-state index is -2.63. The van der Waals surface area contributed by atoms with Crippen molar-refractivity contribution >= 4 is 5.91 Å². The van der Waals surface area contributed by atoms with E-state index in [1.165, 1.54) is 4.90 Å². The molecule has 2 fully saturated rings. The van der Waals surface area contributed by atoms with E-state index in [2.05, 4.69) is 10.5 Å². The molecule has 4 rings (SSSR count). The molecule has 21 heavy (non-hydrogen) atoms. The largest absolute Gasteiger partial charge is 0.350 e. The smallest absolute Gasteiger partial charge is 0.292 e. The summed E-state index contributed by atoms with van der Waals surface area (Å²) in [5.41, 5.74) is 1.60. The van der Waals surface area contributed by atoms with Crippen molar-refractivity contribution in [3.05, 3.63) is 17.0 Å².